The molecule has 0 aromatic carbocycles. The van der Waals surface area contributed by atoms with Crippen molar-refractivity contribution < 1.29 is 8.83 Å². The second-order valence-corrected chi connectivity index (χ2v) is 4.39. The molecule has 0 aliphatic heterocycles. The van der Waals surface area contributed by atoms with Gasteiger partial charge in [0.15, 0.2) is 0 Å². The van der Waals surface area contributed by atoms with Gasteiger partial charge >= 0.3 is 0 Å². The van der Waals surface area contributed by atoms with E-state index in [0.29, 0.717) is 12.6 Å². The molecule has 19 heavy (non-hydrogen) atoms. The predicted octanol–water partition coefficient (Wildman–Crippen LogP) is 2.79. The molecule has 0 unspecified atom stereocenters. The van der Waals surface area contributed by atoms with Crippen molar-refractivity contribution in [3.63, 3.8) is 0 Å². The van der Waals surface area contributed by atoms with E-state index in [-0.39, 0.29) is 0 Å². The smallest absolute Gasteiger partial charge is 0.297 e. The van der Waals surface area contributed by atoms with E-state index in [0.717, 1.165) is 37.5 Å². The van der Waals surface area contributed by atoms with Crippen LogP contribution in [0.15, 0.2) is 33.5 Å². The van der Waals surface area contributed by atoms with E-state index < -0.39 is 0 Å². The van der Waals surface area contributed by atoms with Gasteiger partial charge in [-0.15, -0.1) is 0 Å². The lowest BCUT2D eigenvalue weighted by Gasteiger charge is -2.16. The number of oxazole rings is 1. The molecular formula is C14H21N3O2. The van der Waals surface area contributed by atoms with Crippen LogP contribution < -0.4 is 10.2 Å². The van der Waals surface area contributed by atoms with E-state index in [1.165, 1.54) is 0 Å². The average molecular weight is 263 g/mol. The van der Waals surface area contributed by atoms with Crippen molar-refractivity contribution in [3.05, 3.63) is 36.1 Å². The van der Waals surface area contributed by atoms with Crippen molar-refractivity contribution in [2.45, 2.75) is 33.4 Å². The Morgan fingerprint density at radius 1 is 1.32 bits per heavy atom. The van der Waals surface area contributed by atoms with Crippen LogP contribution in [0.25, 0.3) is 0 Å². The topological polar surface area (TPSA) is 54.4 Å². The molecule has 2 aromatic rings. The molecule has 0 bridgehead atoms. The summed E-state index contributed by atoms with van der Waals surface area (Å²) in [4.78, 5) is 6.53. The Hall–Kier alpha value is -1.75. The van der Waals surface area contributed by atoms with Crippen molar-refractivity contribution in [1.29, 1.82) is 0 Å². The first-order valence-electron chi connectivity index (χ1n) is 6.76. The Bertz CT molecular complexity index is 465. The van der Waals surface area contributed by atoms with Gasteiger partial charge in [0.1, 0.15) is 12.0 Å². The van der Waals surface area contributed by atoms with Gasteiger partial charge in [0.25, 0.3) is 6.01 Å². The molecule has 0 saturated heterocycles. The molecule has 0 atom stereocenters. The number of anilines is 1. The molecule has 0 fully saturated rings. The molecule has 0 amide bonds. The van der Waals surface area contributed by atoms with E-state index in [1.807, 2.05) is 17.0 Å². The summed E-state index contributed by atoms with van der Waals surface area (Å²) in [5, 5.41) is 3.31. The maximum absolute atomic E-state index is 5.53. The van der Waals surface area contributed by atoms with Crippen LogP contribution in [0.1, 0.15) is 31.7 Å². The molecule has 5 nitrogen and oxygen atoms in total. The quantitative estimate of drug-likeness (QED) is 0.742. The standard InChI is InChI=1S/C14H21N3O2/c1-3-7-15-9-12-11-19-14(16-12)17(4-2)10-13-6-5-8-18-13/h5-6,8,11,15H,3-4,7,9-10H2,1-2H3. The van der Waals surface area contributed by atoms with E-state index in [2.05, 4.69) is 24.1 Å². The minimum atomic E-state index is 0.646. The fourth-order valence-electron chi connectivity index (χ4n) is 1.82. The molecule has 104 valence electrons. The molecule has 2 aromatic heterocycles. The summed E-state index contributed by atoms with van der Waals surface area (Å²) in [5.74, 6) is 0.908. The molecule has 0 aliphatic carbocycles. The maximum atomic E-state index is 5.53. The molecule has 5 heteroatoms. The lowest BCUT2D eigenvalue weighted by atomic mass is 10.4. The zero-order chi connectivity index (χ0) is 13.5. The number of furan rings is 1. The van der Waals surface area contributed by atoms with Crippen LogP contribution >= 0.6 is 0 Å². The highest BCUT2D eigenvalue weighted by Gasteiger charge is 2.13. The van der Waals surface area contributed by atoms with E-state index in [9.17, 15) is 0 Å². The maximum Gasteiger partial charge on any atom is 0.297 e. The highest BCUT2D eigenvalue weighted by Crippen LogP contribution is 2.16. The minimum Gasteiger partial charge on any atom is -0.467 e. The third-order valence-electron chi connectivity index (χ3n) is 2.85. The Kier molecular flexibility index (Phi) is 5.03. The molecule has 0 aliphatic rings. The lowest BCUT2D eigenvalue weighted by molar-refractivity contribution is 0.481. The van der Waals surface area contributed by atoms with Gasteiger partial charge in [-0.2, -0.15) is 4.98 Å². The van der Waals surface area contributed by atoms with Crippen molar-refractivity contribution >= 4 is 6.01 Å². The monoisotopic (exact) mass is 263 g/mol. The van der Waals surface area contributed by atoms with Crippen LogP contribution in [0.5, 0.6) is 0 Å². The summed E-state index contributed by atoms with van der Waals surface area (Å²) in [7, 11) is 0. The molecule has 0 radical (unpaired) electrons. The molecular weight excluding hydrogens is 242 g/mol. The zero-order valence-corrected chi connectivity index (χ0v) is 11.6. The van der Waals surface area contributed by atoms with Gasteiger partial charge in [-0.1, -0.05) is 6.92 Å². The van der Waals surface area contributed by atoms with E-state index >= 15 is 0 Å². The van der Waals surface area contributed by atoms with Crippen LogP contribution in [-0.4, -0.2) is 18.1 Å². The van der Waals surface area contributed by atoms with Gasteiger partial charge in [-0.3, -0.25) is 0 Å². The number of hydrogen-bond donors (Lipinski definition) is 1. The van der Waals surface area contributed by atoms with Crippen LogP contribution in [0, 0.1) is 0 Å². The predicted molar refractivity (Wildman–Crippen MR) is 73.9 cm³/mol. The second kappa shape index (κ2) is 6.99. The van der Waals surface area contributed by atoms with Gasteiger partial charge < -0.3 is 19.1 Å². The van der Waals surface area contributed by atoms with Crippen molar-refractivity contribution in [3.8, 4) is 0 Å². The Labute approximate surface area is 113 Å². The first-order chi connectivity index (χ1) is 9.33. The van der Waals surface area contributed by atoms with Crippen molar-refractivity contribution in [2.24, 2.45) is 0 Å². The third kappa shape index (κ3) is 3.86. The number of aromatic nitrogens is 1. The van der Waals surface area contributed by atoms with Crippen molar-refractivity contribution in [2.75, 3.05) is 18.0 Å². The summed E-state index contributed by atoms with van der Waals surface area (Å²) in [6.45, 7) is 7.45. The number of nitrogens with one attached hydrogen (secondary N) is 1. The largest absolute Gasteiger partial charge is 0.467 e. The van der Waals surface area contributed by atoms with Gasteiger partial charge in [0.05, 0.1) is 18.5 Å². The highest BCUT2D eigenvalue weighted by molar-refractivity contribution is 5.27. The summed E-state index contributed by atoms with van der Waals surface area (Å²) < 4.78 is 10.9. The normalized spacial score (nSPS) is 10.8. The SMILES string of the molecule is CCCNCc1coc(N(CC)Cc2ccco2)n1. The van der Waals surface area contributed by atoms with Gasteiger partial charge in [0, 0.05) is 13.1 Å². The van der Waals surface area contributed by atoms with E-state index in [1.54, 1.807) is 12.5 Å². The van der Waals surface area contributed by atoms with Crippen LogP contribution in [0.2, 0.25) is 0 Å². The molecule has 0 spiro atoms. The summed E-state index contributed by atoms with van der Waals surface area (Å²) in [5.41, 5.74) is 0.932. The first kappa shape index (κ1) is 13.7. The van der Waals surface area contributed by atoms with Gasteiger partial charge in [-0.05, 0) is 32.0 Å². The van der Waals surface area contributed by atoms with E-state index in [4.69, 9.17) is 8.83 Å². The van der Waals surface area contributed by atoms with Crippen LogP contribution in [0.3, 0.4) is 0 Å². The fraction of sp³-hybridized carbons (Fsp3) is 0.500. The summed E-state index contributed by atoms with van der Waals surface area (Å²) in [6.07, 6.45) is 4.51. The molecule has 2 heterocycles. The average Bonchev–Trinajstić information content (AvgIpc) is 3.07. The highest BCUT2D eigenvalue weighted by atomic mass is 16.4. The molecule has 2 rings (SSSR count). The molecule has 0 saturated carbocycles. The first-order valence-corrected chi connectivity index (χ1v) is 6.76. The fourth-order valence-corrected chi connectivity index (χ4v) is 1.82. The number of hydrogen-bond acceptors (Lipinski definition) is 5. The molecule has 1 N–H and O–H groups in total. The Morgan fingerprint density at radius 3 is 2.89 bits per heavy atom. The zero-order valence-electron chi connectivity index (χ0n) is 11.6. The third-order valence-corrected chi connectivity index (χ3v) is 2.85. The second-order valence-electron chi connectivity index (χ2n) is 4.39. The summed E-state index contributed by atoms with van der Waals surface area (Å²) in [6, 6.07) is 4.49. The summed E-state index contributed by atoms with van der Waals surface area (Å²) >= 11 is 0. The van der Waals surface area contributed by atoms with Gasteiger partial charge in [-0.25, -0.2) is 0 Å². The van der Waals surface area contributed by atoms with Crippen LogP contribution in [0.4, 0.5) is 6.01 Å². The lowest BCUT2D eigenvalue weighted by Crippen LogP contribution is -2.22. The Balaban J connectivity index is 1.94. The minimum absolute atomic E-state index is 0.646. The van der Waals surface area contributed by atoms with Gasteiger partial charge in [0.2, 0.25) is 0 Å². The Morgan fingerprint density at radius 2 is 2.21 bits per heavy atom. The van der Waals surface area contributed by atoms with Crippen molar-refractivity contribution in [1.82, 2.24) is 10.3 Å². The number of nitrogens with zero attached hydrogens (tertiary/aromatic N) is 2. The van der Waals surface area contributed by atoms with Crippen LogP contribution in [-0.2, 0) is 13.1 Å². The number of rotatable bonds is 8.